The van der Waals surface area contributed by atoms with Gasteiger partial charge in [0, 0.05) is 35.2 Å². The molecule has 0 fully saturated rings. The molecule has 2 amide bonds. The van der Waals surface area contributed by atoms with Crippen molar-refractivity contribution in [2.75, 3.05) is 17.2 Å². The maximum atomic E-state index is 12.6. The highest BCUT2D eigenvalue weighted by Gasteiger charge is 2.27. The molecular weight excluding hydrogens is 538 g/mol. The van der Waals surface area contributed by atoms with E-state index in [4.69, 9.17) is 4.74 Å². The average Bonchev–Trinajstić information content (AvgIpc) is 3.72. The molecule has 4 aromatic carbocycles. The van der Waals surface area contributed by atoms with Gasteiger partial charge in [0.25, 0.3) is 5.91 Å². The highest BCUT2D eigenvalue weighted by atomic mass is 16.5. The van der Waals surface area contributed by atoms with E-state index in [1.807, 2.05) is 84.9 Å². The Labute approximate surface area is 248 Å². The molecule has 3 aliphatic heterocycles. The van der Waals surface area contributed by atoms with Crippen molar-refractivity contribution in [3.63, 3.8) is 0 Å². The number of carbonyl (C=O) groups excluding carboxylic acids is 3. The van der Waals surface area contributed by atoms with Crippen molar-refractivity contribution in [1.29, 1.82) is 0 Å². The number of carbonyl (C=O) groups is 3. The van der Waals surface area contributed by atoms with E-state index in [1.165, 1.54) is 5.56 Å². The van der Waals surface area contributed by atoms with Gasteiger partial charge in [-0.05, 0) is 51.6 Å². The Kier molecular flexibility index (Phi) is 6.68. The third-order valence-corrected chi connectivity index (χ3v) is 7.87. The van der Waals surface area contributed by atoms with Crippen molar-refractivity contribution in [3.8, 4) is 22.3 Å². The van der Waals surface area contributed by atoms with Crippen LogP contribution in [0.25, 0.3) is 33.9 Å². The smallest absolute Gasteiger partial charge is 0.339 e. The van der Waals surface area contributed by atoms with Gasteiger partial charge in [0.05, 0.1) is 24.2 Å². The zero-order valence-electron chi connectivity index (χ0n) is 23.1. The molecule has 0 atom stereocenters. The van der Waals surface area contributed by atoms with Crippen LogP contribution in [0.4, 0.5) is 11.4 Å². The molecule has 0 aliphatic carbocycles. The van der Waals surface area contributed by atoms with Gasteiger partial charge in [-0.25, -0.2) is 4.79 Å². The van der Waals surface area contributed by atoms with Crippen LogP contribution >= 0.6 is 0 Å². The van der Waals surface area contributed by atoms with E-state index < -0.39 is 0 Å². The second kappa shape index (κ2) is 10.9. The van der Waals surface area contributed by atoms with Crippen LogP contribution in [0.2, 0.25) is 0 Å². The highest BCUT2D eigenvalue weighted by molar-refractivity contribution is 6.35. The van der Waals surface area contributed by atoms with Gasteiger partial charge in [-0.15, -0.1) is 0 Å². The first-order valence-corrected chi connectivity index (χ1v) is 14.1. The standard InChI is InChI=1S/C22H16N2O3.C14H11NO/c25-21-17(11-19-16-8-9-27-22(26)18(16)12-23-19)15-7-6-14(10-20(15)24-21)13-4-2-1-3-5-13;16-14-9-12-7-6-11(8-13(12)15-14)10-4-2-1-3-5-10/h1-7,10-12,23H,8-9H2,(H,24,25);1-8H,9H2,(H,15,16). The summed E-state index contributed by atoms with van der Waals surface area (Å²) in [4.78, 5) is 38.7. The van der Waals surface area contributed by atoms with Gasteiger partial charge in [0.1, 0.15) is 0 Å². The number of anilines is 2. The summed E-state index contributed by atoms with van der Waals surface area (Å²) in [7, 11) is 0. The van der Waals surface area contributed by atoms with E-state index >= 15 is 0 Å². The summed E-state index contributed by atoms with van der Waals surface area (Å²) in [5.74, 6) is -0.377. The van der Waals surface area contributed by atoms with Crippen molar-refractivity contribution in [2.24, 2.45) is 0 Å². The number of fused-ring (bicyclic) bond motifs is 3. The molecule has 0 radical (unpaired) electrons. The van der Waals surface area contributed by atoms with Gasteiger partial charge >= 0.3 is 5.97 Å². The fourth-order valence-corrected chi connectivity index (χ4v) is 5.69. The Bertz CT molecular complexity index is 1920. The molecule has 7 nitrogen and oxygen atoms in total. The summed E-state index contributed by atoms with van der Waals surface area (Å²) in [6.45, 7) is 0.364. The SMILES string of the molecule is O=C1Cc2ccc(-c3ccccc3)cc2N1.O=C1Nc2cc(-c3ccccc3)ccc2C1=Cc1[nH]cc2c1CCOC2=O. The zero-order valence-corrected chi connectivity index (χ0v) is 23.1. The van der Waals surface area contributed by atoms with Gasteiger partial charge in [0.2, 0.25) is 5.91 Å². The van der Waals surface area contributed by atoms with Gasteiger partial charge in [-0.1, -0.05) is 84.9 Å². The van der Waals surface area contributed by atoms with Crippen LogP contribution in [-0.4, -0.2) is 29.4 Å². The number of aromatic nitrogens is 1. The Hall–Kier alpha value is -5.69. The normalized spacial score (nSPS) is 15.4. The average molecular weight is 566 g/mol. The lowest BCUT2D eigenvalue weighted by molar-refractivity contribution is -0.115. The van der Waals surface area contributed by atoms with Gasteiger partial charge in [0.15, 0.2) is 0 Å². The zero-order chi connectivity index (χ0) is 29.3. The van der Waals surface area contributed by atoms with Crippen molar-refractivity contribution in [1.82, 2.24) is 4.98 Å². The van der Waals surface area contributed by atoms with Crippen LogP contribution < -0.4 is 10.6 Å². The second-order valence-corrected chi connectivity index (χ2v) is 10.6. The first-order chi connectivity index (χ1) is 21.0. The maximum absolute atomic E-state index is 12.6. The minimum Gasteiger partial charge on any atom is -0.462 e. The fraction of sp³-hybridized carbons (Fsp3) is 0.0833. The molecular formula is C36H27N3O4. The number of nitrogens with one attached hydrogen (secondary N) is 3. The number of hydrogen-bond acceptors (Lipinski definition) is 4. The third kappa shape index (κ3) is 5.13. The number of amides is 2. The Balaban J connectivity index is 0.000000160. The van der Waals surface area contributed by atoms with Gasteiger partial charge in [-0.2, -0.15) is 0 Å². The topological polar surface area (TPSA) is 100 Å². The van der Waals surface area contributed by atoms with Gasteiger partial charge in [-0.3, -0.25) is 9.59 Å². The van der Waals surface area contributed by atoms with Crippen molar-refractivity contribution in [2.45, 2.75) is 12.8 Å². The Morgan fingerprint density at radius 1 is 0.674 bits per heavy atom. The third-order valence-electron chi connectivity index (χ3n) is 7.87. The molecule has 8 rings (SSSR count). The molecule has 43 heavy (non-hydrogen) atoms. The summed E-state index contributed by atoms with van der Waals surface area (Å²) >= 11 is 0. The number of rotatable bonds is 3. The van der Waals surface area contributed by atoms with Crippen LogP contribution in [-0.2, 0) is 27.2 Å². The fourth-order valence-electron chi connectivity index (χ4n) is 5.69. The van der Waals surface area contributed by atoms with E-state index in [1.54, 1.807) is 6.20 Å². The number of hydrogen-bond donors (Lipinski definition) is 3. The number of ether oxygens (including phenoxy) is 1. The summed E-state index contributed by atoms with van der Waals surface area (Å²) < 4.78 is 5.06. The molecule has 0 unspecified atom stereocenters. The van der Waals surface area contributed by atoms with Crippen LogP contribution in [0.15, 0.2) is 103 Å². The molecule has 7 heteroatoms. The molecule has 5 aromatic rings. The number of H-pyrrole nitrogens is 1. The lowest BCUT2D eigenvalue weighted by Crippen LogP contribution is -2.16. The van der Waals surface area contributed by atoms with E-state index in [9.17, 15) is 14.4 Å². The molecule has 1 aromatic heterocycles. The number of cyclic esters (lactones) is 1. The summed E-state index contributed by atoms with van der Waals surface area (Å²) in [5.41, 5.74) is 11.0. The quantitative estimate of drug-likeness (QED) is 0.167. The van der Waals surface area contributed by atoms with Gasteiger partial charge < -0.3 is 20.4 Å². The molecule has 3 N–H and O–H groups in total. The first kappa shape index (κ1) is 26.2. The van der Waals surface area contributed by atoms with Crippen LogP contribution in [0.3, 0.4) is 0 Å². The molecule has 0 bridgehead atoms. The summed E-state index contributed by atoms with van der Waals surface area (Å²) in [6.07, 6.45) is 4.62. The molecule has 4 heterocycles. The van der Waals surface area contributed by atoms with E-state index in [0.29, 0.717) is 30.6 Å². The Morgan fingerprint density at radius 2 is 1.35 bits per heavy atom. The van der Waals surface area contributed by atoms with Crippen LogP contribution in [0.5, 0.6) is 0 Å². The minimum absolute atomic E-state index is 0.0835. The molecule has 0 spiro atoms. The maximum Gasteiger partial charge on any atom is 0.339 e. The lowest BCUT2D eigenvalue weighted by atomic mass is 9.99. The van der Waals surface area contributed by atoms with Crippen molar-refractivity contribution < 1.29 is 19.1 Å². The number of benzene rings is 4. The molecule has 0 saturated heterocycles. The Morgan fingerprint density at radius 3 is 2.07 bits per heavy atom. The predicted octanol–water partition coefficient (Wildman–Crippen LogP) is 6.74. The van der Waals surface area contributed by atoms with Crippen LogP contribution in [0.1, 0.15) is 32.7 Å². The monoisotopic (exact) mass is 565 g/mol. The second-order valence-electron chi connectivity index (χ2n) is 10.6. The van der Waals surface area contributed by atoms with E-state index in [2.05, 4.69) is 33.8 Å². The molecule has 210 valence electrons. The minimum atomic E-state index is -0.319. The van der Waals surface area contributed by atoms with Crippen molar-refractivity contribution >= 4 is 40.8 Å². The largest absolute Gasteiger partial charge is 0.462 e. The van der Waals surface area contributed by atoms with Crippen molar-refractivity contribution in [3.05, 3.63) is 131 Å². The summed E-state index contributed by atoms with van der Waals surface area (Å²) in [6, 6.07) is 32.3. The molecule has 0 saturated carbocycles. The van der Waals surface area contributed by atoms with E-state index in [0.717, 1.165) is 50.4 Å². The number of aromatic amines is 1. The lowest BCUT2D eigenvalue weighted by Gasteiger charge is -2.12. The predicted molar refractivity (Wildman–Crippen MR) is 167 cm³/mol. The molecule has 3 aliphatic rings. The van der Waals surface area contributed by atoms with E-state index in [-0.39, 0.29) is 17.8 Å². The highest BCUT2D eigenvalue weighted by Crippen LogP contribution is 2.37. The number of esters is 1. The first-order valence-electron chi connectivity index (χ1n) is 14.1. The summed E-state index contributed by atoms with van der Waals surface area (Å²) in [5, 5.41) is 5.81. The van der Waals surface area contributed by atoms with Crippen LogP contribution in [0, 0.1) is 0 Å².